The normalized spacial score (nSPS) is 9.53. The van der Waals surface area contributed by atoms with Gasteiger partial charge < -0.3 is 4.90 Å². The lowest BCUT2D eigenvalue weighted by Crippen LogP contribution is -2.30. The van der Waals surface area contributed by atoms with Gasteiger partial charge >= 0.3 is 0 Å². The highest BCUT2D eigenvalue weighted by molar-refractivity contribution is 5.93. The van der Waals surface area contributed by atoms with Crippen LogP contribution in [-0.2, 0) is 6.54 Å². The standard InChI is InChI=1S/C15H16N2O.ClH/c1-2-17(12-13-7-4-3-5-8-13)15(18)14-9-6-10-16-11-14;/h3-11H,2,12H2,1H3;1H. The summed E-state index contributed by atoms with van der Waals surface area (Å²) in [5.41, 5.74) is 1.77. The van der Waals surface area contributed by atoms with Crippen LogP contribution in [0.5, 0.6) is 0 Å². The number of halogens is 1. The van der Waals surface area contributed by atoms with Gasteiger partial charge in [-0.15, -0.1) is 12.4 Å². The number of hydrogen-bond donors (Lipinski definition) is 0. The van der Waals surface area contributed by atoms with E-state index in [0.717, 1.165) is 5.56 Å². The lowest BCUT2D eigenvalue weighted by molar-refractivity contribution is 0.0752. The minimum absolute atomic E-state index is 0. The molecule has 0 fully saturated rings. The SMILES string of the molecule is CCN(Cc1ccccc1)C(=O)c1cccnc1.Cl. The van der Waals surface area contributed by atoms with Crippen LogP contribution < -0.4 is 0 Å². The monoisotopic (exact) mass is 276 g/mol. The van der Waals surface area contributed by atoms with Crippen LogP contribution in [0, 0.1) is 0 Å². The van der Waals surface area contributed by atoms with Crippen molar-refractivity contribution in [2.45, 2.75) is 13.5 Å². The van der Waals surface area contributed by atoms with Crippen LogP contribution in [0.4, 0.5) is 0 Å². The lowest BCUT2D eigenvalue weighted by atomic mass is 10.2. The van der Waals surface area contributed by atoms with E-state index in [1.54, 1.807) is 24.5 Å². The molecule has 3 nitrogen and oxygen atoms in total. The quantitative estimate of drug-likeness (QED) is 0.859. The molecule has 1 aromatic carbocycles. The van der Waals surface area contributed by atoms with Gasteiger partial charge in [0.25, 0.3) is 5.91 Å². The maximum Gasteiger partial charge on any atom is 0.255 e. The fourth-order valence-corrected chi connectivity index (χ4v) is 1.80. The van der Waals surface area contributed by atoms with Gasteiger partial charge in [-0.05, 0) is 24.6 Å². The highest BCUT2D eigenvalue weighted by atomic mass is 35.5. The summed E-state index contributed by atoms with van der Waals surface area (Å²) < 4.78 is 0. The average Bonchev–Trinajstić information content (AvgIpc) is 2.46. The smallest absolute Gasteiger partial charge is 0.255 e. The maximum absolute atomic E-state index is 12.3. The second-order valence-corrected chi connectivity index (χ2v) is 4.05. The van der Waals surface area contributed by atoms with Crippen molar-refractivity contribution in [3.8, 4) is 0 Å². The van der Waals surface area contributed by atoms with E-state index in [1.807, 2.05) is 42.2 Å². The molecule has 0 aliphatic rings. The van der Waals surface area contributed by atoms with Crippen molar-refractivity contribution >= 4 is 18.3 Å². The molecule has 2 rings (SSSR count). The van der Waals surface area contributed by atoms with Gasteiger partial charge in [0.1, 0.15) is 0 Å². The van der Waals surface area contributed by atoms with E-state index in [0.29, 0.717) is 18.7 Å². The molecular weight excluding hydrogens is 260 g/mol. The van der Waals surface area contributed by atoms with Crippen LogP contribution in [0.1, 0.15) is 22.8 Å². The molecular formula is C15H17ClN2O. The van der Waals surface area contributed by atoms with Crippen molar-refractivity contribution in [2.75, 3.05) is 6.54 Å². The molecule has 0 radical (unpaired) electrons. The van der Waals surface area contributed by atoms with E-state index in [9.17, 15) is 4.79 Å². The van der Waals surface area contributed by atoms with E-state index in [4.69, 9.17) is 0 Å². The lowest BCUT2D eigenvalue weighted by Gasteiger charge is -2.20. The number of carbonyl (C=O) groups is 1. The number of amides is 1. The minimum Gasteiger partial charge on any atom is -0.335 e. The number of nitrogens with zero attached hydrogens (tertiary/aromatic N) is 2. The molecule has 100 valence electrons. The van der Waals surface area contributed by atoms with Crippen LogP contribution in [0.3, 0.4) is 0 Å². The first-order valence-corrected chi connectivity index (χ1v) is 6.04. The van der Waals surface area contributed by atoms with Crippen LogP contribution in [0.2, 0.25) is 0 Å². The number of carbonyl (C=O) groups excluding carboxylic acids is 1. The Bertz CT molecular complexity index is 502. The van der Waals surface area contributed by atoms with E-state index < -0.39 is 0 Å². The molecule has 1 heterocycles. The summed E-state index contributed by atoms with van der Waals surface area (Å²) in [6.07, 6.45) is 3.28. The fourth-order valence-electron chi connectivity index (χ4n) is 1.80. The molecule has 0 spiro atoms. The van der Waals surface area contributed by atoms with Crippen molar-refractivity contribution in [1.82, 2.24) is 9.88 Å². The van der Waals surface area contributed by atoms with Crippen LogP contribution in [0.25, 0.3) is 0 Å². The molecule has 0 aliphatic heterocycles. The summed E-state index contributed by atoms with van der Waals surface area (Å²) >= 11 is 0. The highest BCUT2D eigenvalue weighted by Crippen LogP contribution is 2.08. The third-order valence-electron chi connectivity index (χ3n) is 2.79. The Hall–Kier alpha value is -1.87. The Morgan fingerprint density at radius 3 is 2.47 bits per heavy atom. The number of rotatable bonds is 4. The van der Waals surface area contributed by atoms with Crippen molar-refractivity contribution < 1.29 is 4.79 Å². The predicted octanol–water partition coefficient (Wildman–Crippen LogP) is 3.17. The van der Waals surface area contributed by atoms with Crippen LogP contribution in [-0.4, -0.2) is 22.3 Å². The molecule has 0 atom stereocenters. The van der Waals surface area contributed by atoms with E-state index >= 15 is 0 Å². The molecule has 0 saturated heterocycles. The van der Waals surface area contributed by atoms with Gasteiger partial charge in [-0.25, -0.2) is 0 Å². The molecule has 1 aromatic heterocycles. The molecule has 0 saturated carbocycles. The van der Waals surface area contributed by atoms with E-state index in [2.05, 4.69) is 4.98 Å². The largest absolute Gasteiger partial charge is 0.335 e. The molecule has 0 bridgehead atoms. The number of aromatic nitrogens is 1. The first-order valence-electron chi connectivity index (χ1n) is 6.04. The Balaban J connectivity index is 0.00000180. The summed E-state index contributed by atoms with van der Waals surface area (Å²) in [7, 11) is 0. The highest BCUT2D eigenvalue weighted by Gasteiger charge is 2.14. The zero-order valence-corrected chi connectivity index (χ0v) is 11.6. The Morgan fingerprint density at radius 2 is 1.89 bits per heavy atom. The van der Waals surface area contributed by atoms with E-state index in [1.165, 1.54) is 0 Å². The average molecular weight is 277 g/mol. The van der Waals surface area contributed by atoms with E-state index in [-0.39, 0.29) is 18.3 Å². The minimum atomic E-state index is 0. The molecule has 19 heavy (non-hydrogen) atoms. The topological polar surface area (TPSA) is 33.2 Å². The Morgan fingerprint density at radius 1 is 1.16 bits per heavy atom. The first kappa shape index (κ1) is 15.2. The summed E-state index contributed by atoms with van der Waals surface area (Å²) in [6.45, 7) is 3.30. The summed E-state index contributed by atoms with van der Waals surface area (Å²) in [6, 6.07) is 13.6. The molecule has 4 heteroatoms. The molecule has 0 unspecified atom stereocenters. The number of benzene rings is 1. The molecule has 2 aromatic rings. The van der Waals surface area contributed by atoms with Crippen molar-refractivity contribution in [2.24, 2.45) is 0 Å². The summed E-state index contributed by atoms with van der Waals surface area (Å²) in [5.74, 6) is 0.0226. The van der Waals surface area contributed by atoms with Gasteiger partial charge in [0.15, 0.2) is 0 Å². The predicted molar refractivity (Wildman–Crippen MR) is 78.3 cm³/mol. The van der Waals surface area contributed by atoms with Crippen molar-refractivity contribution in [1.29, 1.82) is 0 Å². The maximum atomic E-state index is 12.3. The van der Waals surface area contributed by atoms with Crippen molar-refractivity contribution in [3.63, 3.8) is 0 Å². The van der Waals surface area contributed by atoms with Crippen LogP contribution in [0.15, 0.2) is 54.9 Å². The van der Waals surface area contributed by atoms with Gasteiger partial charge in [-0.3, -0.25) is 9.78 Å². The van der Waals surface area contributed by atoms with Gasteiger partial charge in [0.05, 0.1) is 5.56 Å². The third-order valence-corrected chi connectivity index (χ3v) is 2.79. The van der Waals surface area contributed by atoms with Gasteiger partial charge in [-0.1, -0.05) is 30.3 Å². The molecule has 1 amide bonds. The first-order chi connectivity index (χ1) is 8.81. The third kappa shape index (κ3) is 4.07. The van der Waals surface area contributed by atoms with Gasteiger partial charge in [-0.2, -0.15) is 0 Å². The number of hydrogen-bond acceptors (Lipinski definition) is 2. The zero-order chi connectivity index (χ0) is 12.8. The second-order valence-electron chi connectivity index (χ2n) is 4.05. The van der Waals surface area contributed by atoms with Gasteiger partial charge in [0, 0.05) is 25.5 Å². The summed E-state index contributed by atoms with van der Waals surface area (Å²) in [4.78, 5) is 18.1. The van der Waals surface area contributed by atoms with Crippen molar-refractivity contribution in [3.05, 3.63) is 66.0 Å². The number of pyridine rings is 1. The van der Waals surface area contributed by atoms with Crippen LogP contribution >= 0.6 is 12.4 Å². The summed E-state index contributed by atoms with van der Waals surface area (Å²) in [5, 5.41) is 0. The molecule has 0 N–H and O–H groups in total. The Labute approximate surface area is 119 Å². The molecule has 0 aliphatic carbocycles. The zero-order valence-electron chi connectivity index (χ0n) is 10.8. The Kier molecular flexibility index (Phi) is 6.03. The fraction of sp³-hybridized carbons (Fsp3) is 0.200. The van der Waals surface area contributed by atoms with Gasteiger partial charge in [0.2, 0.25) is 0 Å². The second kappa shape index (κ2) is 7.54.